The number of benzene rings is 1. The number of ether oxygens (including phenoxy) is 1. The maximum Gasteiger partial charge on any atom is 0.332 e. The molecule has 120 valence electrons. The summed E-state index contributed by atoms with van der Waals surface area (Å²) in [6, 6.07) is 7.28. The van der Waals surface area contributed by atoms with Crippen molar-refractivity contribution in [2.24, 2.45) is 5.41 Å². The summed E-state index contributed by atoms with van der Waals surface area (Å²) in [5.74, 6) is -1.23. The maximum absolute atomic E-state index is 11.8. The third kappa shape index (κ3) is 3.97. The van der Waals surface area contributed by atoms with Crippen molar-refractivity contribution < 1.29 is 19.4 Å². The molecular formula is C18H24O4. The van der Waals surface area contributed by atoms with Gasteiger partial charge in [-0.25, -0.2) is 4.79 Å². The van der Waals surface area contributed by atoms with E-state index in [9.17, 15) is 14.7 Å². The van der Waals surface area contributed by atoms with Crippen LogP contribution in [0.15, 0.2) is 29.8 Å². The number of hydrogen-bond acceptors (Lipinski definition) is 3. The van der Waals surface area contributed by atoms with E-state index in [1.807, 2.05) is 45.0 Å². The lowest BCUT2D eigenvalue weighted by Crippen LogP contribution is -2.30. The molecule has 0 saturated heterocycles. The van der Waals surface area contributed by atoms with Gasteiger partial charge >= 0.3 is 11.9 Å². The molecule has 0 radical (unpaired) electrons. The lowest BCUT2D eigenvalue weighted by molar-refractivity contribution is -0.146. The molecule has 1 N–H and O–H groups in total. The lowest BCUT2D eigenvalue weighted by Gasteiger charge is -2.22. The van der Waals surface area contributed by atoms with Gasteiger partial charge in [0.25, 0.3) is 0 Å². The van der Waals surface area contributed by atoms with Crippen molar-refractivity contribution in [1.82, 2.24) is 0 Å². The maximum atomic E-state index is 11.8. The predicted octanol–water partition coefficient (Wildman–Crippen LogP) is 3.65. The van der Waals surface area contributed by atoms with Crippen molar-refractivity contribution in [3.63, 3.8) is 0 Å². The average molecular weight is 304 g/mol. The number of aliphatic carboxylic acids is 1. The molecule has 0 spiro atoms. The highest BCUT2D eigenvalue weighted by Crippen LogP contribution is 2.29. The second kappa shape index (κ2) is 6.34. The van der Waals surface area contributed by atoms with Gasteiger partial charge in [0, 0.05) is 5.57 Å². The number of rotatable bonds is 4. The first-order chi connectivity index (χ1) is 10.00. The van der Waals surface area contributed by atoms with Crippen molar-refractivity contribution in [2.75, 3.05) is 7.11 Å². The minimum absolute atomic E-state index is 0.309. The molecule has 0 heterocycles. The average Bonchev–Trinajstić information content (AvgIpc) is 2.42. The van der Waals surface area contributed by atoms with Crippen molar-refractivity contribution in [1.29, 1.82) is 0 Å². The molecule has 1 aromatic rings. The number of carboxylic acids is 1. The summed E-state index contributed by atoms with van der Waals surface area (Å²) in [6.45, 7) is 9.17. The topological polar surface area (TPSA) is 63.6 Å². The zero-order valence-corrected chi connectivity index (χ0v) is 14.1. The molecule has 0 amide bonds. The van der Waals surface area contributed by atoms with Gasteiger partial charge < -0.3 is 9.84 Å². The standard InChI is InChI=1S/C18H24O4/c1-17(2,3)14(15(19)20)11-12-7-9-13(10-8-12)18(4,5)16(21)22-6/h7-11H,1-6H3,(H,19,20)/b14-11-. The number of carbonyl (C=O) groups excluding carboxylic acids is 1. The van der Waals surface area contributed by atoms with Crippen LogP contribution in [0.25, 0.3) is 6.08 Å². The summed E-state index contributed by atoms with van der Waals surface area (Å²) in [7, 11) is 1.36. The Kier molecular flexibility index (Phi) is 5.17. The summed E-state index contributed by atoms with van der Waals surface area (Å²) in [4.78, 5) is 23.2. The van der Waals surface area contributed by atoms with Crippen molar-refractivity contribution in [3.05, 3.63) is 41.0 Å². The van der Waals surface area contributed by atoms with E-state index in [4.69, 9.17) is 4.74 Å². The van der Waals surface area contributed by atoms with E-state index in [2.05, 4.69) is 0 Å². The smallest absolute Gasteiger partial charge is 0.332 e. The van der Waals surface area contributed by atoms with E-state index in [1.165, 1.54) is 7.11 Å². The zero-order chi connectivity index (χ0) is 17.1. The Morgan fingerprint density at radius 2 is 1.55 bits per heavy atom. The van der Waals surface area contributed by atoms with Crippen LogP contribution in [0.1, 0.15) is 45.7 Å². The highest BCUT2D eigenvalue weighted by atomic mass is 16.5. The Bertz CT molecular complexity index is 587. The summed E-state index contributed by atoms with van der Waals surface area (Å²) in [5.41, 5.74) is 0.764. The molecule has 22 heavy (non-hydrogen) atoms. The SMILES string of the molecule is COC(=O)C(C)(C)c1ccc(/C=C(/C(=O)O)C(C)(C)C)cc1. The molecule has 0 aliphatic carbocycles. The molecular weight excluding hydrogens is 280 g/mol. The van der Waals surface area contributed by atoms with Gasteiger partial charge in [-0.05, 0) is 36.5 Å². The zero-order valence-electron chi connectivity index (χ0n) is 14.1. The van der Waals surface area contributed by atoms with E-state index in [-0.39, 0.29) is 5.97 Å². The van der Waals surface area contributed by atoms with Crippen LogP contribution in [0.5, 0.6) is 0 Å². The third-order valence-corrected chi connectivity index (χ3v) is 3.68. The highest BCUT2D eigenvalue weighted by Gasteiger charge is 2.30. The Balaban J connectivity index is 3.18. The number of methoxy groups -OCH3 is 1. The first-order valence-corrected chi connectivity index (χ1v) is 7.14. The van der Waals surface area contributed by atoms with E-state index < -0.39 is 16.8 Å². The number of carboxylic acid groups (broad SMARTS) is 1. The largest absolute Gasteiger partial charge is 0.478 e. The molecule has 0 atom stereocenters. The van der Waals surface area contributed by atoms with E-state index in [0.29, 0.717) is 5.57 Å². The van der Waals surface area contributed by atoms with Crippen LogP contribution < -0.4 is 0 Å². The molecule has 0 aliphatic heterocycles. The van der Waals surface area contributed by atoms with Crippen LogP contribution in [0.3, 0.4) is 0 Å². The molecule has 0 unspecified atom stereocenters. The Morgan fingerprint density at radius 1 is 1.05 bits per heavy atom. The van der Waals surface area contributed by atoms with Gasteiger partial charge in [-0.1, -0.05) is 45.0 Å². The summed E-state index contributed by atoms with van der Waals surface area (Å²) >= 11 is 0. The fraction of sp³-hybridized carbons (Fsp3) is 0.444. The van der Waals surface area contributed by atoms with Gasteiger partial charge in [0.15, 0.2) is 0 Å². The summed E-state index contributed by atoms with van der Waals surface area (Å²) in [5, 5.41) is 9.33. The van der Waals surface area contributed by atoms with Gasteiger partial charge in [-0.15, -0.1) is 0 Å². The fourth-order valence-corrected chi connectivity index (χ4v) is 2.13. The van der Waals surface area contributed by atoms with Crippen LogP contribution in [0.2, 0.25) is 0 Å². The molecule has 0 bridgehead atoms. The number of hydrogen-bond donors (Lipinski definition) is 1. The number of esters is 1. The van der Waals surface area contributed by atoms with Crippen molar-refractivity contribution >= 4 is 18.0 Å². The molecule has 0 fully saturated rings. The second-order valence-corrected chi connectivity index (χ2v) is 6.85. The Labute approximate surface area is 131 Å². The van der Waals surface area contributed by atoms with Gasteiger partial charge in [-0.2, -0.15) is 0 Å². The first kappa shape index (κ1) is 18.0. The number of carbonyl (C=O) groups is 2. The molecule has 1 aromatic carbocycles. The molecule has 0 saturated carbocycles. The van der Waals surface area contributed by atoms with Crippen molar-refractivity contribution in [3.8, 4) is 0 Å². The molecule has 1 rings (SSSR count). The van der Waals surface area contributed by atoms with Crippen LogP contribution in [0.4, 0.5) is 0 Å². The van der Waals surface area contributed by atoms with Crippen LogP contribution in [-0.2, 0) is 19.7 Å². The van der Waals surface area contributed by atoms with Gasteiger partial charge in [0.1, 0.15) is 0 Å². The minimum atomic E-state index is -0.925. The van der Waals surface area contributed by atoms with Crippen LogP contribution in [0, 0.1) is 5.41 Å². The minimum Gasteiger partial charge on any atom is -0.478 e. The van der Waals surface area contributed by atoms with E-state index in [1.54, 1.807) is 19.9 Å². The quantitative estimate of drug-likeness (QED) is 0.681. The molecule has 0 aromatic heterocycles. The molecule has 4 heteroatoms. The van der Waals surface area contributed by atoms with Crippen molar-refractivity contribution in [2.45, 2.75) is 40.0 Å². The Morgan fingerprint density at radius 3 is 1.91 bits per heavy atom. The third-order valence-electron chi connectivity index (χ3n) is 3.68. The van der Waals surface area contributed by atoms with Gasteiger partial charge in [-0.3, -0.25) is 4.79 Å². The fourth-order valence-electron chi connectivity index (χ4n) is 2.13. The lowest BCUT2D eigenvalue weighted by atomic mass is 9.83. The Hall–Kier alpha value is -2.10. The second-order valence-electron chi connectivity index (χ2n) is 6.85. The van der Waals surface area contributed by atoms with E-state index in [0.717, 1.165) is 11.1 Å². The van der Waals surface area contributed by atoms with Crippen LogP contribution in [-0.4, -0.2) is 24.2 Å². The normalized spacial score (nSPS) is 12.9. The highest BCUT2D eigenvalue weighted by molar-refractivity contribution is 5.93. The molecule has 4 nitrogen and oxygen atoms in total. The predicted molar refractivity (Wildman–Crippen MR) is 86.6 cm³/mol. The summed E-state index contributed by atoms with van der Waals surface area (Å²) < 4.78 is 4.81. The van der Waals surface area contributed by atoms with E-state index >= 15 is 0 Å². The van der Waals surface area contributed by atoms with Gasteiger partial charge in [0.05, 0.1) is 12.5 Å². The van der Waals surface area contributed by atoms with Gasteiger partial charge in [0.2, 0.25) is 0 Å². The molecule has 0 aliphatic rings. The van der Waals surface area contributed by atoms with Crippen LogP contribution >= 0.6 is 0 Å². The first-order valence-electron chi connectivity index (χ1n) is 7.14. The monoisotopic (exact) mass is 304 g/mol. The summed E-state index contributed by atoms with van der Waals surface area (Å²) in [6.07, 6.45) is 1.66.